The third-order valence-electron chi connectivity index (χ3n) is 4.80. The molecule has 6 nitrogen and oxygen atoms in total. The first-order chi connectivity index (χ1) is 14.3. The van der Waals surface area contributed by atoms with Crippen LogP contribution in [-0.2, 0) is 0 Å². The Labute approximate surface area is 178 Å². The second kappa shape index (κ2) is 8.86. The van der Waals surface area contributed by atoms with E-state index in [2.05, 4.69) is 16.6 Å². The van der Waals surface area contributed by atoms with Crippen LogP contribution in [0.4, 0.5) is 0 Å². The lowest BCUT2D eigenvalue weighted by Crippen LogP contribution is -2.23. The molecule has 0 fully saturated rings. The van der Waals surface area contributed by atoms with E-state index in [-0.39, 0.29) is 5.78 Å². The average molecular weight is 402 g/mol. The van der Waals surface area contributed by atoms with Crippen molar-refractivity contribution in [3.8, 4) is 0 Å². The number of guanidine groups is 1. The number of nitrogens with zero attached hydrogens (tertiary/aromatic N) is 5. The van der Waals surface area contributed by atoms with Gasteiger partial charge in [-0.15, -0.1) is 0 Å². The van der Waals surface area contributed by atoms with E-state index in [0.29, 0.717) is 46.3 Å². The van der Waals surface area contributed by atoms with E-state index >= 15 is 0 Å². The molecule has 1 aromatic carbocycles. The van der Waals surface area contributed by atoms with Crippen molar-refractivity contribution in [3.63, 3.8) is 0 Å². The van der Waals surface area contributed by atoms with E-state index in [1.165, 1.54) is 0 Å². The molecule has 0 atom stereocenters. The fourth-order valence-electron chi connectivity index (χ4n) is 3.16. The van der Waals surface area contributed by atoms with E-state index in [1.54, 1.807) is 5.01 Å². The standard InChI is InChI=1S/C24H27N5O/c1-16-12-9-10-14-19(16)23(30)20(22-18(3)25-24(26-22)28(4)5)21-17(2)13-8-7-11-15-29(6)27-21/h7-14H,2,15H2,1,3-6H3/b11-7-,13-8-,22-20+,27-21+. The summed E-state index contributed by atoms with van der Waals surface area (Å²) in [5, 5.41) is 6.52. The molecular weight excluding hydrogens is 374 g/mol. The molecule has 1 aromatic rings. The number of aryl methyl sites for hydroxylation is 1. The van der Waals surface area contributed by atoms with Crippen LogP contribution in [0.5, 0.6) is 0 Å². The fourth-order valence-corrected chi connectivity index (χ4v) is 3.16. The predicted octanol–water partition coefficient (Wildman–Crippen LogP) is 3.79. The van der Waals surface area contributed by atoms with Crippen LogP contribution in [0.15, 0.2) is 87.1 Å². The van der Waals surface area contributed by atoms with Gasteiger partial charge in [0.1, 0.15) is 11.4 Å². The van der Waals surface area contributed by atoms with Crippen molar-refractivity contribution in [3.05, 3.63) is 83.1 Å². The highest BCUT2D eigenvalue weighted by Gasteiger charge is 2.29. The van der Waals surface area contributed by atoms with Crippen molar-refractivity contribution in [1.29, 1.82) is 0 Å². The molecule has 0 spiro atoms. The van der Waals surface area contributed by atoms with E-state index in [9.17, 15) is 4.79 Å². The van der Waals surface area contributed by atoms with Crippen LogP contribution in [0.2, 0.25) is 0 Å². The number of aliphatic imine (C=N–C) groups is 2. The molecule has 0 N–H and O–H groups in total. The van der Waals surface area contributed by atoms with Gasteiger partial charge in [-0.25, -0.2) is 9.98 Å². The number of hydrazone groups is 1. The van der Waals surface area contributed by atoms with Gasteiger partial charge in [0.25, 0.3) is 0 Å². The van der Waals surface area contributed by atoms with Gasteiger partial charge in [-0.2, -0.15) is 5.10 Å². The molecule has 0 saturated heterocycles. The third-order valence-corrected chi connectivity index (χ3v) is 4.80. The lowest BCUT2D eigenvalue weighted by Gasteiger charge is -2.18. The lowest BCUT2D eigenvalue weighted by atomic mass is 9.90. The molecule has 0 aliphatic carbocycles. The van der Waals surface area contributed by atoms with Crippen molar-refractivity contribution in [2.24, 2.45) is 15.1 Å². The molecule has 154 valence electrons. The molecule has 0 unspecified atom stereocenters. The minimum atomic E-state index is -0.143. The zero-order valence-corrected chi connectivity index (χ0v) is 18.2. The molecule has 2 heterocycles. The summed E-state index contributed by atoms with van der Waals surface area (Å²) in [6, 6.07) is 7.54. The number of benzene rings is 1. The number of Topliss-reactive ketones (excluding diaryl/α,β-unsaturated/α-hetero) is 1. The fraction of sp³-hybridized carbons (Fsp3) is 0.250. The zero-order valence-electron chi connectivity index (χ0n) is 18.2. The summed E-state index contributed by atoms with van der Waals surface area (Å²) in [6.45, 7) is 8.58. The molecule has 0 aromatic heterocycles. The molecular formula is C24H27N5O. The number of hydrogen-bond acceptors (Lipinski definition) is 6. The van der Waals surface area contributed by atoms with Gasteiger partial charge in [-0.05, 0) is 25.0 Å². The van der Waals surface area contributed by atoms with Crippen LogP contribution >= 0.6 is 0 Å². The second-order valence-corrected chi connectivity index (χ2v) is 7.47. The number of hydrogen-bond donors (Lipinski definition) is 0. The first-order valence-corrected chi connectivity index (χ1v) is 9.78. The number of allylic oxidation sites excluding steroid dienone is 6. The topological polar surface area (TPSA) is 60.6 Å². The molecule has 0 saturated carbocycles. The molecule has 2 aliphatic heterocycles. The lowest BCUT2D eigenvalue weighted by molar-refractivity contribution is 0.103. The van der Waals surface area contributed by atoms with Gasteiger partial charge in [-0.3, -0.25) is 9.80 Å². The largest absolute Gasteiger partial charge is 0.347 e. The molecule has 6 heteroatoms. The molecule has 2 aliphatic rings. The summed E-state index contributed by atoms with van der Waals surface area (Å²) in [6.07, 6.45) is 7.71. The van der Waals surface area contributed by atoms with Crippen molar-refractivity contribution in [2.75, 3.05) is 27.7 Å². The van der Waals surface area contributed by atoms with E-state index in [4.69, 9.17) is 5.10 Å². The Morgan fingerprint density at radius 1 is 1.13 bits per heavy atom. The monoisotopic (exact) mass is 401 g/mol. The highest BCUT2D eigenvalue weighted by Crippen LogP contribution is 2.26. The normalized spacial score (nSPS) is 22.1. The van der Waals surface area contributed by atoms with Crippen LogP contribution < -0.4 is 0 Å². The van der Waals surface area contributed by atoms with Gasteiger partial charge in [-0.1, -0.05) is 55.1 Å². The van der Waals surface area contributed by atoms with Crippen LogP contribution in [0.3, 0.4) is 0 Å². The smallest absolute Gasteiger partial charge is 0.225 e. The van der Waals surface area contributed by atoms with Crippen molar-refractivity contribution >= 4 is 23.2 Å². The maximum atomic E-state index is 13.8. The van der Waals surface area contributed by atoms with Gasteiger partial charge in [0.15, 0.2) is 5.78 Å². The summed E-state index contributed by atoms with van der Waals surface area (Å²) >= 11 is 0. The Bertz CT molecular complexity index is 1070. The Hall–Kier alpha value is -3.54. The SMILES string of the molecule is C=C1/C=C\C=C/CN(C)/N=C1/C(C(=O)c1ccccc1C)=C1\N=C(N(C)C)N=C1C. The maximum absolute atomic E-state index is 13.8. The minimum Gasteiger partial charge on any atom is -0.347 e. The highest BCUT2D eigenvalue weighted by atomic mass is 16.1. The number of carbonyl (C=O) groups is 1. The number of carbonyl (C=O) groups excluding carboxylic acids is 1. The summed E-state index contributed by atoms with van der Waals surface area (Å²) < 4.78 is 0. The molecule has 0 bridgehead atoms. The van der Waals surface area contributed by atoms with Crippen molar-refractivity contribution < 1.29 is 4.79 Å². The van der Waals surface area contributed by atoms with Crippen LogP contribution in [0.1, 0.15) is 22.8 Å². The van der Waals surface area contributed by atoms with E-state index < -0.39 is 0 Å². The summed E-state index contributed by atoms with van der Waals surface area (Å²) in [4.78, 5) is 24.9. The first kappa shape index (κ1) is 21.2. The molecule has 0 radical (unpaired) electrons. The number of rotatable bonds is 3. The zero-order chi connectivity index (χ0) is 21.8. The average Bonchev–Trinajstić information content (AvgIpc) is 3.11. The number of likely N-dealkylation sites (N-methyl/N-ethyl adjacent to an activating group) is 1. The maximum Gasteiger partial charge on any atom is 0.225 e. The summed E-state index contributed by atoms with van der Waals surface area (Å²) in [5.74, 6) is 0.410. The van der Waals surface area contributed by atoms with Crippen molar-refractivity contribution in [1.82, 2.24) is 9.91 Å². The van der Waals surface area contributed by atoms with Gasteiger partial charge >= 0.3 is 0 Å². The Kier molecular flexibility index (Phi) is 6.26. The van der Waals surface area contributed by atoms with E-state index in [1.807, 2.05) is 88.5 Å². The first-order valence-electron chi connectivity index (χ1n) is 9.78. The van der Waals surface area contributed by atoms with Gasteiger partial charge in [0, 0.05) is 26.7 Å². The molecule has 3 rings (SSSR count). The molecule has 30 heavy (non-hydrogen) atoms. The minimum absolute atomic E-state index is 0.143. The van der Waals surface area contributed by atoms with Gasteiger partial charge in [0.05, 0.1) is 17.8 Å². The molecule has 0 amide bonds. The Balaban J connectivity index is 2.28. The summed E-state index contributed by atoms with van der Waals surface area (Å²) in [7, 11) is 5.62. The van der Waals surface area contributed by atoms with Crippen LogP contribution in [0.25, 0.3) is 0 Å². The van der Waals surface area contributed by atoms with Gasteiger partial charge in [0.2, 0.25) is 5.96 Å². The van der Waals surface area contributed by atoms with Crippen LogP contribution in [-0.4, -0.2) is 60.8 Å². The Morgan fingerprint density at radius 3 is 2.53 bits per heavy atom. The second-order valence-electron chi connectivity index (χ2n) is 7.47. The Morgan fingerprint density at radius 2 is 1.87 bits per heavy atom. The highest BCUT2D eigenvalue weighted by molar-refractivity contribution is 6.37. The van der Waals surface area contributed by atoms with Gasteiger partial charge < -0.3 is 4.90 Å². The quantitative estimate of drug-likeness (QED) is 0.572. The predicted molar refractivity (Wildman–Crippen MR) is 124 cm³/mol. The van der Waals surface area contributed by atoms with Crippen LogP contribution in [0, 0.1) is 6.92 Å². The number of ketones is 1. The van der Waals surface area contributed by atoms with Crippen molar-refractivity contribution in [2.45, 2.75) is 13.8 Å². The third kappa shape index (κ3) is 4.38. The summed E-state index contributed by atoms with van der Waals surface area (Å²) in [5.41, 5.74) is 4.26. The van der Waals surface area contributed by atoms with E-state index in [0.717, 1.165) is 5.56 Å².